The van der Waals surface area contributed by atoms with Crippen molar-refractivity contribution < 1.29 is 14.7 Å². The van der Waals surface area contributed by atoms with Gasteiger partial charge in [0.05, 0.1) is 5.92 Å². The second-order valence-corrected chi connectivity index (χ2v) is 4.82. The Hall–Kier alpha value is -2.11. The molecule has 0 saturated carbocycles. The van der Waals surface area contributed by atoms with Crippen molar-refractivity contribution >= 4 is 11.9 Å². The Kier molecular flexibility index (Phi) is 5.29. The molecule has 19 heavy (non-hydrogen) atoms. The standard InChI is InChI=1S/C13H18N2O4/c1-8(2)5-10(13(18)19)7-15-12(17)9-3-4-14-11(16)6-9/h3-4,6,8,10H,5,7H2,1-2H3,(H,14,16)(H,15,17)(H,18,19). The molecule has 1 aromatic rings. The number of aliphatic carboxylic acids is 1. The molecule has 6 heteroatoms. The SMILES string of the molecule is CC(C)CC(CNC(=O)c1cc[nH]c(=O)c1)C(=O)O. The second-order valence-electron chi connectivity index (χ2n) is 4.82. The van der Waals surface area contributed by atoms with Crippen molar-refractivity contribution in [2.24, 2.45) is 11.8 Å². The number of carbonyl (C=O) groups is 2. The summed E-state index contributed by atoms with van der Waals surface area (Å²) in [5.41, 5.74) is -0.151. The first-order valence-corrected chi connectivity index (χ1v) is 6.10. The van der Waals surface area contributed by atoms with Gasteiger partial charge in [-0.15, -0.1) is 0 Å². The molecule has 0 aliphatic rings. The largest absolute Gasteiger partial charge is 0.481 e. The van der Waals surface area contributed by atoms with Crippen molar-refractivity contribution in [2.45, 2.75) is 20.3 Å². The number of rotatable bonds is 6. The van der Waals surface area contributed by atoms with Gasteiger partial charge in [-0.3, -0.25) is 14.4 Å². The monoisotopic (exact) mass is 266 g/mol. The predicted molar refractivity (Wildman–Crippen MR) is 70.0 cm³/mol. The number of nitrogens with one attached hydrogen (secondary N) is 2. The van der Waals surface area contributed by atoms with Gasteiger partial charge in [-0.05, 0) is 18.4 Å². The number of pyridine rings is 1. The number of H-pyrrole nitrogens is 1. The maximum atomic E-state index is 11.8. The number of carbonyl (C=O) groups excluding carboxylic acids is 1. The molecule has 0 radical (unpaired) electrons. The molecule has 104 valence electrons. The highest BCUT2D eigenvalue weighted by Gasteiger charge is 2.19. The molecule has 0 bridgehead atoms. The van der Waals surface area contributed by atoms with Gasteiger partial charge in [-0.25, -0.2) is 0 Å². The quantitative estimate of drug-likeness (QED) is 0.710. The Morgan fingerprint density at radius 2 is 2.11 bits per heavy atom. The van der Waals surface area contributed by atoms with E-state index >= 15 is 0 Å². The fourth-order valence-electron chi connectivity index (χ4n) is 1.74. The number of aromatic nitrogens is 1. The van der Waals surface area contributed by atoms with Crippen LogP contribution in [-0.2, 0) is 4.79 Å². The average molecular weight is 266 g/mol. The van der Waals surface area contributed by atoms with E-state index in [1.165, 1.54) is 18.3 Å². The fourth-order valence-corrected chi connectivity index (χ4v) is 1.74. The molecule has 0 aromatic carbocycles. The average Bonchev–Trinajstić information content (AvgIpc) is 2.33. The van der Waals surface area contributed by atoms with Crippen LogP contribution in [0.15, 0.2) is 23.1 Å². The van der Waals surface area contributed by atoms with E-state index in [9.17, 15) is 14.4 Å². The summed E-state index contributed by atoms with van der Waals surface area (Å²) in [7, 11) is 0. The van der Waals surface area contributed by atoms with Gasteiger partial charge in [-0.2, -0.15) is 0 Å². The van der Waals surface area contributed by atoms with Crippen LogP contribution in [0.2, 0.25) is 0 Å². The summed E-state index contributed by atoms with van der Waals surface area (Å²) in [6.07, 6.45) is 1.87. The molecular formula is C13H18N2O4. The van der Waals surface area contributed by atoms with Crippen molar-refractivity contribution in [3.05, 3.63) is 34.2 Å². The molecule has 1 amide bonds. The Bertz CT molecular complexity index is 507. The summed E-state index contributed by atoms with van der Waals surface area (Å²) >= 11 is 0. The summed E-state index contributed by atoms with van der Waals surface area (Å²) in [5.74, 6) is -1.76. The maximum absolute atomic E-state index is 11.8. The van der Waals surface area contributed by atoms with Crippen LogP contribution >= 0.6 is 0 Å². The summed E-state index contributed by atoms with van der Waals surface area (Å²) in [6, 6.07) is 2.64. The number of aromatic amines is 1. The Morgan fingerprint density at radius 3 is 2.63 bits per heavy atom. The lowest BCUT2D eigenvalue weighted by Gasteiger charge is -2.15. The lowest BCUT2D eigenvalue weighted by molar-refractivity contribution is -0.142. The van der Waals surface area contributed by atoms with Crippen molar-refractivity contribution in [1.82, 2.24) is 10.3 Å². The number of hydrogen-bond donors (Lipinski definition) is 3. The third-order valence-electron chi connectivity index (χ3n) is 2.65. The Balaban J connectivity index is 2.62. The molecule has 1 heterocycles. The van der Waals surface area contributed by atoms with Crippen LogP contribution in [0.25, 0.3) is 0 Å². The van der Waals surface area contributed by atoms with Crippen LogP contribution in [0.1, 0.15) is 30.6 Å². The van der Waals surface area contributed by atoms with E-state index in [1.807, 2.05) is 13.8 Å². The molecule has 0 aliphatic heterocycles. The lowest BCUT2D eigenvalue weighted by atomic mass is 9.97. The van der Waals surface area contributed by atoms with Crippen molar-refractivity contribution in [3.8, 4) is 0 Å². The molecule has 1 rings (SSSR count). The third kappa shape index (κ3) is 4.95. The van der Waals surface area contributed by atoms with Crippen LogP contribution in [0.4, 0.5) is 0 Å². The van der Waals surface area contributed by atoms with Crippen molar-refractivity contribution in [3.63, 3.8) is 0 Å². The van der Waals surface area contributed by atoms with Crippen molar-refractivity contribution in [1.29, 1.82) is 0 Å². The van der Waals surface area contributed by atoms with Crippen LogP contribution in [0.5, 0.6) is 0 Å². The Labute approximate surface area is 110 Å². The molecule has 1 unspecified atom stereocenters. The first-order chi connectivity index (χ1) is 8.90. The first-order valence-electron chi connectivity index (χ1n) is 6.10. The van der Waals surface area contributed by atoms with E-state index in [4.69, 9.17) is 5.11 Å². The zero-order chi connectivity index (χ0) is 14.4. The van der Waals surface area contributed by atoms with E-state index in [1.54, 1.807) is 0 Å². The van der Waals surface area contributed by atoms with Gasteiger partial charge in [0.25, 0.3) is 5.91 Å². The zero-order valence-electron chi connectivity index (χ0n) is 11.0. The van der Waals surface area contributed by atoms with Crippen LogP contribution in [0.3, 0.4) is 0 Å². The second kappa shape index (κ2) is 6.72. The summed E-state index contributed by atoms with van der Waals surface area (Å²) < 4.78 is 0. The van der Waals surface area contributed by atoms with Gasteiger partial charge in [-0.1, -0.05) is 13.8 Å². The van der Waals surface area contributed by atoms with Gasteiger partial charge >= 0.3 is 5.97 Å². The van der Waals surface area contributed by atoms with Crippen LogP contribution in [-0.4, -0.2) is 28.5 Å². The van der Waals surface area contributed by atoms with E-state index in [2.05, 4.69) is 10.3 Å². The number of carboxylic acids is 1. The minimum Gasteiger partial charge on any atom is -0.481 e. The smallest absolute Gasteiger partial charge is 0.308 e. The van der Waals surface area contributed by atoms with E-state index < -0.39 is 17.8 Å². The fraction of sp³-hybridized carbons (Fsp3) is 0.462. The minimum absolute atomic E-state index is 0.0547. The van der Waals surface area contributed by atoms with Gasteiger partial charge in [0, 0.05) is 24.4 Å². The molecule has 6 nitrogen and oxygen atoms in total. The Morgan fingerprint density at radius 1 is 1.42 bits per heavy atom. The van der Waals surface area contributed by atoms with E-state index in [0.717, 1.165) is 0 Å². The highest BCUT2D eigenvalue weighted by atomic mass is 16.4. The third-order valence-corrected chi connectivity index (χ3v) is 2.65. The number of hydrogen-bond acceptors (Lipinski definition) is 3. The molecule has 1 aromatic heterocycles. The van der Waals surface area contributed by atoms with Crippen LogP contribution < -0.4 is 10.9 Å². The zero-order valence-corrected chi connectivity index (χ0v) is 11.0. The molecule has 0 saturated heterocycles. The first kappa shape index (κ1) is 14.9. The lowest BCUT2D eigenvalue weighted by Crippen LogP contribution is -2.34. The van der Waals surface area contributed by atoms with Gasteiger partial charge in [0.1, 0.15) is 0 Å². The minimum atomic E-state index is -0.931. The summed E-state index contributed by atoms with van der Waals surface area (Å²) in [5, 5.41) is 11.6. The normalized spacial score (nSPS) is 12.2. The molecule has 3 N–H and O–H groups in total. The summed E-state index contributed by atoms with van der Waals surface area (Å²) in [6.45, 7) is 3.90. The topological polar surface area (TPSA) is 99.3 Å². The van der Waals surface area contributed by atoms with Crippen LogP contribution in [0, 0.1) is 11.8 Å². The van der Waals surface area contributed by atoms with Gasteiger partial charge < -0.3 is 15.4 Å². The molecular weight excluding hydrogens is 248 g/mol. The number of carboxylic acid groups (broad SMARTS) is 1. The van der Waals surface area contributed by atoms with E-state index in [-0.39, 0.29) is 23.6 Å². The molecule has 0 aliphatic carbocycles. The predicted octanol–water partition coefficient (Wildman–Crippen LogP) is 0.852. The van der Waals surface area contributed by atoms with E-state index in [0.29, 0.717) is 6.42 Å². The highest BCUT2D eigenvalue weighted by Crippen LogP contribution is 2.11. The van der Waals surface area contributed by atoms with Gasteiger partial charge in [0.2, 0.25) is 5.56 Å². The summed E-state index contributed by atoms with van der Waals surface area (Å²) in [4.78, 5) is 36.2. The van der Waals surface area contributed by atoms with Gasteiger partial charge in [0.15, 0.2) is 0 Å². The highest BCUT2D eigenvalue weighted by molar-refractivity contribution is 5.94. The van der Waals surface area contributed by atoms with Crippen molar-refractivity contribution in [2.75, 3.05) is 6.54 Å². The molecule has 1 atom stereocenters. The molecule has 0 fully saturated rings. The maximum Gasteiger partial charge on any atom is 0.308 e. The molecule has 0 spiro atoms. The number of amides is 1.